The van der Waals surface area contributed by atoms with Crippen molar-refractivity contribution in [3.8, 4) is 0 Å². The monoisotopic (exact) mass is 310 g/mol. The summed E-state index contributed by atoms with van der Waals surface area (Å²) in [5, 5.41) is 3.53. The highest BCUT2D eigenvalue weighted by molar-refractivity contribution is 7.99. The smallest absolute Gasteiger partial charge is 0.148 e. The average Bonchev–Trinajstić information content (AvgIpc) is 2.40. The van der Waals surface area contributed by atoms with Gasteiger partial charge in [0, 0.05) is 30.6 Å². The lowest BCUT2D eigenvalue weighted by atomic mass is 9.82. The van der Waals surface area contributed by atoms with E-state index >= 15 is 0 Å². The number of rotatable bonds is 4. The van der Waals surface area contributed by atoms with Gasteiger partial charge in [-0.3, -0.25) is 0 Å². The van der Waals surface area contributed by atoms with Crippen LogP contribution in [-0.4, -0.2) is 30.6 Å². The van der Waals surface area contributed by atoms with Crippen LogP contribution < -0.4 is 10.2 Å². The first kappa shape index (κ1) is 16.5. The van der Waals surface area contributed by atoms with Crippen LogP contribution in [0.25, 0.3) is 0 Å². The first-order valence-electron chi connectivity index (χ1n) is 7.68. The van der Waals surface area contributed by atoms with Crippen LogP contribution >= 0.6 is 11.8 Å². The molecule has 118 valence electrons. The summed E-state index contributed by atoms with van der Waals surface area (Å²) in [6.07, 6.45) is 1.20. The molecule has 1 heterocycles. The largest absolute Gasteiger partial charge is 0.381 e. The zero-order valence-corrected chi connectivity index (χ0v) is 14.6. The number of halogens is 1. The molecular weight excluding hydrogens is 283 g/mol. The van der Waals surface area contributed by atoms with Crippen molar-refractivity contribution in [3.63, 3.8) is 0 Å². The fourth-order valence-electron chi connectivity index (χ4n) is 2.54. The van der Waals surface area contributed by atoms with Gasteiger partial charge in [0.05, 0.1) is 5.69 Å². The molecule has 1 aliphatic heterocycles. The van der Waals surface area contributed by atoms with E-state index in [0.717, 1.165) is 11.4 Å². The van der Waals surface area contributed by atoms with Gasteiger partial charge in [-0.2, -0.15) is 11.8 Å². The molecule has 1 atom stereocenters. The van der Waals surface area contributed by atoms with Gasteiger partial charge in [0.15, 0.2) is 0 Å². The zero-order chi connectivity index (χ0) is 15.6. The number of thioether (sulfide) groups is 1. The minimum atomic E-state index is -0.155. The Balaban J connectivity index is 2.13. The number of nitrogens with one attached hydrogen (secondary N) is 1. The molecule has 1 aliphatic rings. The van der Waals surface area contributed by atoms with Crippen LogP contribution in [0.3, 0.4) is 0 Å². The van der Waals surface area contributed by atoms with Crippen molar-refractivity contribution in [3.05, 3.63) is 24.0 Å². The highest BCUT2D eigenvalue weighted by Gasteiger charge is 2.32. The van der Waals surface area contributed by atoms with Crippen LogP contribution in [-0.2, 0) is 0 Å². The fraction of sp³-hybridized carbons (Fsp3) is 0.647. The third-order valence-electron chi connectivity index (χ3n) is 4.56. The number of hydrogen-bond acceptors (Lipinski definition) is 3. The highest BCUT2D eigenvalue weighted by atomic mass is 32.2. The van der Waals surface area contributed by atoms with E-state index in [1.54, 1.807) is 6.07 Å². The van der Waals surface area contributed by atoms with E-state index in [2.05, 4.69) is 33.0 Å². The van der Waals surface area contributed by atoms with Crippen LogP contribution in [0.15, 0.2) is 18.2 Å². The van der Waals surface area contributed by atoms with Gasteiger partial charge < -0.3 is 10.2 Å². The maximum Gasteiger partial charge on any atom is 0.148 e. The topological polar surface area (TPSA) is 15.3 Å². The number of hydrogen-bond donors (Lipinski definition) is 1. The number of anilines is 2. The number of nitrogens with zero attached hydrogens (tertiary/aromatic N) is 1. The first-order chi connectivity index (χ1) is 9.81. The van der Waals surface area contributed by atoms with Gasteiger partial charge in [0.1, 0.15) is 5.82 Å². The van der Waals surface area contributed by atoms with Gasteiger partial charge >= 0.3 is 0 Å². The van der Waals surface area contributed by atoms with Crippen molar-refractivity contribution in [1.82, 2.24) is 0 Å². The quantitative estimate of drug-likeness (QED) is 0.874. The van der Waals surface area contributed by atoms with E-state index in [1.165, 1.54) is 12.2 Å². The van der Waals surface area contributed by atoms with Crippen molar-refractivity contribution in [1.29, 1.82) is 0 Å². The van der Waals surface area contributed by atoms with E-state index < -0.39 is 0 Å². The van der Waals surface area contributed by atoms with Crippen LogP contribution in [0.1, 0.15) is 34.1 Å². The summed E-state index contributed by atoms with van der Waals surface area (Å²) in [4.78, 5) is 1.96. The Kier molecular flexibility index (Phi) is 5.07. The molecule has 1 fully saturated rings. The second kappa shape index (κ2) is 6.47. The van der Waals surface area contributed by atoms with Gasteiger partial charge in [-0.05, 0) is 49.6 Å². The van der Waals surface area contributed by atoms with Crippen molar-refractivity contribution < 1.29 is 4.39 Å². The number of benzene rings is 1. The lowest BCUT2D eigenvalue weighted by Gasteiger charge is -2.39. The molecule has 1 unspecified atom stereocenters. The molecule has 21 heavy (non-hydrogen) atoms. The molecule has 0 saturated carbocycles. The predicted molar refractivity (Wildman–Crippen MR) is 93.1 cm³/mol. The van der Waals surface area contributed by atoms with Gasteiger partial charge in [-0.25, -0.2) is 4.39 Å². The molecule has 2 rings (SSSR count). The molecule has 0 spiro atoms. The Morgan fingerprint density at radius 2 is 2.10 bits per heavy atom. The molecule has 1 aromatic rings. The van der Waals surface area contributed by atoms with Gasteiger partial charge in [0.25, 0.3) is 0 Å². The molecule has 0 amide bonds. The van der Waals surface area contributed by atoms with E-state index in [1.807, 2.05) is 35.8 Å². The van der Waals surface area contributed by atoms with Crippen molar-refractivity contribution in [2.75, 3.05) is 28.8 Å². The second-order valence-electron chi connectivity index (χ2n) is 6.88. The van der Waals surface area contributed by atoms with Crippen molar-refractivity contribution in [2.45, 2.75) is 46.2 Å². The second-order valence-corrected chi connectivity index (χ2v) is 8.03. The molecule has 1 saturated heterocycles. The molecule has 0 aromatic heterocycles. The Labute approximate surface area is 132 Å². The maximum absolute atomic E-state index is 14.3. The zero-order valence-electron chi connectivity index (χ0n) is 13.7. The van der Waals surface area contributed by atoms with Crippen LogP contribution in [0.2, 0.25) is 0 Å². The predicted octanol–water partition coefficient (Wildman–Crippen LogP) is 4.61. The third-order valence-corrected chi connectivity index (χ3v) is 5.62. The van der Waals surface area contributed by atoms with Gasteiger partial charge in [-0.15, -0.1) is 0 Å². The Hall–Kier alpha value is -0.900. The Morgan fingerprint density at radius 1 is 1.38 bits per heavy atom. The molecular formula is C17H27FN2S. The summed E-state index contributed by atoms with van der Waals surface area (Å²) in [6, 6.07) is 6.17. The van der Waals surface area contributed by atoms with Crippen molar-refractivity contribution >= 4 is 23.1 Å². The summed E-state index contributed by atoms with van der Waals surface area (Å²) in [7, 11) is 1.93. The average molecular weight is 310 g/mol. The summed E-state index contributed by atoms with van der Waals surface area (Å²) >= 11 is 1.98. The molecule has 1 N–H and O–H groups in total. The van der Waals surface area contributed by atoms with Gasteiger partial charge in [-0.1, -0.05) is 13.8 Å². The molecule has 0 aliphatic carbocycles. The Bertz CT molecular complexity index is 488. The van der Waals surface area contributed by atoms with E-state index in [4.69, 9.17) is 0 Å². The Morgan fingerprint density at radius 3 is 2.67 bits per heavy atom. The maximum atomic E-state index is 14.3. The third kappa shape index (κ3) is 3.85. The van der Waals surface area contributed by atoms with Gasteiger partial charge in [0.2, 0.25) is 0 Å². The van der Waals surface area contributed by atoms with E-state index in [0.29, 0.717) is 11.7 Å². The molecule has 4 heteroatoms. The standard InChI is InChI=1S/C17H27FN2S/c1-12(2)20(5)15-7-6-13(10-14(15)18)19-16-11-21-9-8-17(16,3)4/h6-7,10,12,16,19H,8-9,11H2,1-5H3. The molecule has 0 bridgehead atoms. The SMILES string of the molecule is CC(C)N(C)c1ccc(NC2CSCCC2(C)C)cc1F. The first-order valence-corrected chi connectivity index (χ1v) is 8.83. The molecule has 0 radical (unpaired) electrons. The minimum Gasteiger partial charge on any atom is -0.381 e. The fourth-order valence-corrected chi connectivity index (χ4v) is 4.14. The normalized spacial score (nSPS) is 21.4. The van der Waals surface area contributed by atoms with Crippen LogP contribution in [0.4, 0.5) is 15.8 Å². The lowest BCUT2D eigenvalue weighted by Crippen LogP contribution is -2.41. The lowest BCUT2D eigenvalue weighted by molar-refractivity contribution is 0.305. The van der Waals surface area contributed by atoms with E-state index in [-0.39, 0.29) is 17.3 Å². The van der Waals surface area contributed by atoms with Crippen LogP contribution in [0, 0.1) is 11.2 Å². The van der Waals surface area contributed by atoms with E-state index in [9.17, 15) is 4.39 Å². The van der Waals surface area contributed by atoms with Crippen molar-refractivity contribution in [2.24, 2.45) is 5.41 Å². The minimum absolute atomic E-state index is 0.155. The summed E-state index contributed by atoms with van der Waals surface area (Å²) in [5.41, 5.74) is 1.80. The summed E-state index contributed by atoms with van der Waals surface area (Å²) < 4.78 is 14.3. The van der Waals surface area contributed by atoms with Crippen LogP contribution in [0.5, 0.6) is 0 Å². The summed E-state index contributed by atoms with van der Waals surface area (Å²) in [6.45, 7) is 8.71. The molecule has 2 nitrogen and oxygen atoms in total. The molecule has 1 aromatic carbocycles. The highest BCUT2D eigenvalue weighted by Crippen LogP contribution is 2.36. The summed E-state index contributed by atoms with van der Waals surface area (Å²) in [5.74, 6) is 2.15.